The first kappa shape index (κ1) is 15.5. The number of nitrogens with one attached hydrogen (secondary N) is 2. The lowest BCUT2D eigenvalue weighted by atomic mass is 10.1. The SMILES string of the molecule is CNc1cc2nc(-c3cccc4[nH]ncc34)nc(N3CCOCC3)c2s1. The summed E-state index contributed by atoms with van der Waals surface area (Å²) in [5.74, 6) is 1.71. The lowest BCUT2D eigenvalue weighted by Crippen LogP contribution is -2.36. The van der Waals surface area contributed by atoms with Crippen LogP contribution in [0.15, 0.2) is 30.5 Å². The minimum Gasteiger partial charge on any atom is -0.380 e. The standard InChI is InChI=1S/C18H18N6OS/c1-19-15-9-14-16(26-15)18(24-5-7-25-8-6-24)22-17(21-14)11-3-2-4-13-12(11)10-20-23-13/h2-4,9-10,19H,5-8H2,1H3,(H,20,23). The number of H-pyrrole nitrogens is 1. The highest BCUT2D eigenvalue weighted by Crippen LogP contribution is 2.37. The first-order valence-electron chi connectivity index (χ1n) is 8.58. The normalized spacial score (nSPS) is 15.0. The molecule has 4 aromatic rings. The maximum Gasteiger partial charge on any atom is 0.162 e. The summed E-state index contributed by atoms with van der Waals surface area (Å²) in [4.78, 5) is 12.1. The zero-order valence-corrected chi connectivity index (χ0v) is 15.1. The predicted molar refractivity (Wildman–Crippen MR) is 105 cm³/mol. The van der Waals surface area contributed by atoms with Crippen LogP contribution in [0.2, 0.25) is 0 Å². The van der Waals surface area contributed by atoms with Gasteiger partial charge in [-0.3, -0.25) is 5.10 Å². The minimum absolute atomic E-state index is 0.725. The van der Waals surface area contributed by atoms with Gasteiger partial charge in [0.2, 0.25) is 0 Å². The highest BCUT2D eigenvalue weighted by atomic mass is 32.1. The molecule has 8 heteroatoms. The monoisotopic (exact) mass is 366 g/mol. The van der Waals surface area contributed by atoms with E-state index in [1.54, 1.807) is 11.3 Å². The number of fused-ring (bicyclic) bond motifs is 2. The van der Waals surface area contributed by atoms with E-state index < -0.39 is 0 Å². The van der Waals surface area contributed by atoms with Crippen molar-refractivity contribution in [3.63, 3.8) is 0 Å². The van der Waals surface area contributed by atoms with Crippen molar-refractivity contribution < 1.29 is 4.74 Å². The van der Waals surface area contributed by atoms with Crippen molar-refractivity contribution in [2.75, 3.05) is 43.6 Å². The number of ether oxygens (including phenoxy) is 1. The van der Waals surface area contributed by atoms with Gasteiger partial charge in [0.05, 0.1) is 40.1 Å². The van der Waals surface area contributed by atoms with E-state index in [9.17, 15) is 0 Å². The molecule has 7 nitrogen and oxygen atoms in total. The number of nitrogens with zero attached hydrogens (tertiary/aromatic N) is 4. The smallest absolute Gasteiger partial charge is 0.162 e. The summed E-state index contributed by atoms with van der Waals surface area (Å²) < 4.78 is 6.63. The fourth-order valence-corrected chi connectivity index (χ4v) is 4.28. The van der Waals surface area contributed by atoms with Crippen molar-refractivity contribution in [1.82, 2.24) is 20.2 Å². The maximum absolute atomic E-state index is 5.52. The van der Waals surface area contributed by atoms with Crippen molar-refractivity contribution in [2.24, 2.45) is 0 Å². The summed E-state index contributed by atoms with van der Waals surface area (Å²) in [6, 6.07) is 8.15. The molecule has 26 heavy (non-hydrogen) atoms. The molecule has 1 fully saturated rings. The number of hydrogen-bond acceptors (Lipinski definition) is 7. The lowest BCUT2D eigenvalue weighted by molar-refractivity contribution is 0.122. The average Bonchev–Trinajstić information content (AvgIpc) is 3.34. The second-order valence-electron chi connectivity index (χ2n) is 6.18. The van der Waals surface area contributed by atoms with Crippen LogP contribution < -0.4 is 10.2 Å². The van der Waals surface area contributed by atoms with Gasteiger partial charge >= 0.3 is 0 Å². The van der Waals surface area contributed by atoms with Gasteiger partial charge in [-0.15, -0.1) is 11.3 Å². The van der Waals surface area contributed by atoms with Crippen LogP contribution >= 0.6 is 11.3 Å². The fraction of sp³-hybridized carbons (Fsp3) is 0.278. The zero-order chi connectivity index (χ0) is 17.5. The summed E-state index contributed by atoms with van der Waals surface area (Å²) in [5.41, 5.74) is 2.94. The van der Waals surface area contributed by atoms with Crippen LogP contribution in [0, 0.1) is 0 Å². The Balaban J connectivity index is 1.74. The first-order valence-corrected chi connectivity index (χ1v) is 9.39. The van der Waals surface area contributed by atoms with Gasteiger partial charge in [-0.2, -0.15) is 5.10 Å². The van der Waals surface area contributed by atoms with Crippen LogP contribution in [0.1, 0.15) is 0 Å². The molecule has 0 unspecified atom stereocenters. The van der Waals surface area contributed by atoms with Crippen LogP contribution in [0.4, 0.5) is 10.8 Å². The summed E-state index contributed by atoms with van der Waals surface area (Å²) in [6.45, 7) is 3.13. The Labute approximate surface area is 154 Å². The third kappa shape index (κ3) is 2.49. The molecule has 0 amide bonds. The van der Waals surface area contributed by atoms with Crippen molar-refractivity contribution in [3.05, 3.63) is 30.5 Å². The van der Waals surface area contributed by atoms with E-state index in [1.807, 2.05) is 31.4 Å². The molecule has 1 aliphatic rings. The Morgan fingerprint density at radius 3 is 2.96 bits per heavy atom. The number of anilines is 2. The largest absolute Gasteiger partial charge is 0.380 e. The number of rotatable bonds is 3. The van der Waals surface area contributed by atoms with Crippen LogP contribution in [-0.2, 0) is 4.74 Å². The maximum atomic E-state index is 5.52. The minimum atomic E-state index is 0.725. The Morgan fingerprint density at radius 2 is 2.12 bits per heavy atom. The van der Waals surface area contributed by atoms with Gasteiger partial charge in [0.15, 0.2) is 11.6 Å². The molecule has 0 radical (unpaired) electrons. The Morgan fingerprint density at radius 1 is 1.23 bits per heavy atom. The average molecular weight is 366 g/mol. The fourth-order valence-electron chi connectivity index (χ4n) is 3.31. The number of hydrogen-bond donors (Lipinski definition) is 2. The van der Waals surface area contributed by atoms with Crippen LogP contribution in [0.5, 0.6) is 0 Å². The molecule has 0 atom stereocenters. The van der Waals surface area contributed by atoms with E-state index in [0.29, 0.717) is 0 Å². The van der Waals surface area contributed by atoms with Crippen LogP contribution in [0.25, 0.3) is 32.5 Å². The van der Waals surface area contributed by atoms with Gasteiger partial charge in [0.1, 0.15) is 0 Å². The van der Waals surface area contributed by atoms with E-state index >= 15 is 0 Å². The number of benzene rings is 1. The zero-order valence-electron chi connectivity index (χ0n) is 14.3. The van der Waals surface area contributed by atoms with Crippen molar-refractivity contribution in [1.29, 1.82) is 0 Å². The van der Waals surface area contributed by atoms with E-state index in [-0.39, 0.29) is 0 Å². The molecule has 1 aromatic carbocycles. The van der Waals surface area contributed by atoms with Crippen molar-refractivity contribution >= 4 is 43.3 Å². The first-order chi connectivity index (χ1) is 12.8. The number of morpholine rings is 1. The topological polar surface area (TPSA) is 79.0 Å². The highest BCUT2D eigenvalue weighted by Gasteiger charge is 2.20. The molecule has 5 rings (SSSR count). The molecular weight excluding hydrogens is 348 g/mol. The number of aromatic nitrogens is 4. The van der Waals surface area contributed by atoms with Crippen LogP contribution in [0.3, 0.4) is 0 Å². The Kier molecular flexibility index (Phi) is 3.72. The van der Waals surface area contributed by atoms with Gasteiger partial charge in [-0.25, -0.2) is 9.97 Å². The molecule has 1 aliphatic heterocycles. The Hall–Kier alpha value is -2.71. The van der Waals surface area contributed by atoms with Gasteiger partial charge in [0, 0.05) is 31.1 Å². The highest BCUT2D eigenvalue weighted by molar-refractivity contribution is 7.23. The second kappa shape index (κ2) is 6.22. The van der Waals surface area contributed by atoms with Gasteiger partial charge < -0.3 is 15.0 Å². The van der Waals surface area contributed by atoms with E-state index in [2.05, 4.69) is 26.5 Å². The number of thiophene rings is 1. The molecular formula is C18H18N6OS. The molecule has 3 aromatic heterocycles. The summed E-state index contributed by atoms with van der Waals surface area (Å²) >= 11 is 1.69. The number of aromatic amines is 1. The summed E-state index contributed by atoms with van der Waals surface area (Å²) in [7, 11) is 1.93. The summed E-state index contributed by atoms with van der Waals surface area (Å²) in [6.07, 6.45) is 1.83. The third-order valence-electron chi connectivity index (χ3n) is 4.64. The van der Waals surface area contributed by atoms with Gasteiger partial charge in [-0.05, 0) is 12.1 Å². The molecule has 2 N–H and O–H groups in total. The molecule has 0 saturated carbocycles. The van der Waals surface area contributed by atoms with E-state index in [4.69, 9.17) is 14.7 Å². The van der Waals surface area contributed by atoms with E-state index in [0.717, 1.165) is 69.6 Å². The van der Waals surface area contributed by atoms with Gasteiger partial charge in [0.25, 0.3) is 0 Å². The molecule has 4 heterocycles. The quantitative estimate of drug-likeness (QED) is 0.580. The molecule has 0 spiro atoms. The molecule has 132 valence electrons. The van der Waals surface area contributed by atoms with Crippen molar-refractivity contribution in [3.8, 4) is 11.4 Å². The van der Waals surface area contributed by atoms with Crippen molar-refractivity contribution in [2.45, 2.75) is 0 Å². The molecule has 0 aliphatic carbocycles. The molecule has 0 bridgehead atoms. The second-order valence-corrected chi connectivity index (χ2v) is 7.23. The predicted octanol–water partition coefficient (Wildman–Crippen LogP) is 3.11. The van der Waals surface area contributed by atoms with E-state index in [1.165, 1.54) is 0 Å². The van der Waals surface area contributed by atoms with Crippen LogP contribution in [-0.4, -0.2) is 53.5 Å². The third-order valence-corrected chi connectivity index (χ3v) is 5.77. The molecule has 1 saturated heterocycles. The lowest BCUT2D eigenvalue weighted by Gasteiger charge is -2.28. The van der Waals surface area contributed by atoms with Gasteiger partial charge in [-0.1, -0.05) is 12.1 Å². The summed E-state index contributed by atoms with van der Waals surface area (Å²) in [5, 5.41) is 12.5. The Bertz CT molecular complexity index is 1080.